The Labute approximate surface area is 140 Å². The van der Waals surface area contributed by atoms with Gasteiger partial charge in [-0.1, -0.05) is 19.9 Å². The smallest absolute Gasteiger partial charge is 0.159 e. The number of aliphatic hydroxyl groups is 1. The van der Waals surface area contributed by atoms with Crippen LogP contribution in [0.2, 0.25) is 0 Å². The Hall–Kier alpha value is -1.79. The Morgan fingerprint density at radius 1 is 1.29 bits per heavy atom. The molecule has 1 aliphatic heterocycles. The number of rotatable bonds is 5. The van der Waals surface area contributed by atoms with E-state index in [0.29, 0.717) is 31.0 Å². The van der Waals surface area contributed by atoms with Crippen molar-refractivity contribution in [2.45, 2.75) is 45.5 Å². The van der Waals surface area contributed by atoms with Crippen molar-refractivity contribution in [3.8, 4) is 0 Å². The molecule has 3 rings (SSSR count). The van der Waals surface area contributed by atoms with Gasteiger partial charge in [0.25, 0.3) is 0 Å². The highest BCUT2D eigenvalue weighted by Crippen LogP contribution is 2.34. The van der Waals surface area contributed by atoms with Crippen LogP contribution >= 0.6 is 0 Å². The molecule has 2 aromatic rings. The maximum Gasteiger partial charge on any atom is 0.159 e. The monoisotopic (exact) mass is 335 g/mol. The molecule has 6 heteroatoms. The van der Waals surface area contributed by atoms with Gasteiger partial charge >= 0.3 is 0 Å². The van der Waals surface area contributed by atoms with E-state index in [1.54, 1.807) is 6.07 Å². The van der Waals surface area contributed by atoms with E-state index in [0.717, 1.165) is 18.2 Å². The number of hydrogen-bond acceptors (Lipinski definition) is 3. The van der Waals surface area contributed by atoms with Crippen LogP contribution < -0.4 is 0 Å². The highest BCUT2D eigenvalue weighted by atomic mass is 19.2. The fourth-order valence-electron chi connectivity index (χ4n) is 3.32. The van der Waals surface area contributed by atoms with Crippen LogP contribution in [0, 0.1) is 17.6 Å². The summed E-state index contributed by atoms with van der Waals surface area (Å²) in [5, 5.41) is 14.4. The number of nitrogens with zero attached hydrogens (tertiary/aromatic N) is 3. The average Bonchev–Trinajstić information content (AvgIpc) is 3.08. The summed E-state index contributed by atoms with van der Waals surface area (Å²) in [6, 6.07) is 3.85. The standard InChI is InChI=1S/C18H23F2N3O/c1-12(2)8-23-10-13(7-21-23)9-22-11-15(24)6-18(22)14-3-4-16(19)17(20)5-14/h3-5,7,10,12,15,18,24H,6,8-9,11H2,1-2H3/t15-,18+/m1/s1. The molecule has 1 saturated heterocycles. The van der Waals surface area contributed by atoms with Gasteiger partial charge in [-0.05, 0) is 30.0 Å². The molecule has 0 radical (unpaired) electrons. The first-order valence-corrected chi connectivity index (χ1v) is 8.30. The van der Waals surface area contributed by atoms with Gasteiger partial charge < -0.3 is 5.11 Å². The minimum absolute atomic E-state index is 0.122. The molecule has 2 atom stereocenters. The predicted molar refractivity (Wildman–Crippen MR) is 87.2 cm³/mol. The van der Waals surface area contributed by atoms with Crippen molar-refractivity contribution >= 4 is 0 Å². The number of likely N-dealkylation sites (tertiary alicyclic amines) is 1. The van der Waals surface area contributed by atoms with Gasteiger partial charge in [-0.15, -0.1) is 0 Å². The molecular weight excluding hydrogens is 312 g/mol. The second kappa shape index (κ2) is 6.99. The minimum Gasteiger partial charge on any atom is -0.392 e. The Morgan fingerprint density at radius 2 is 2.08 bits per heavy atom. The topological polar surface area (TPSA) is 41.3 Å². The fraction of sp³-hybridized carbons (Fsp3) is 0.500. The molecule has 2 heterocycles. The molecule has 1 aromatic carbocycles. The van der Waals surface area contributed by atoms with Crippen molar-refractivity contribution in [3.05, 3.63) is 53.4 Å². The Morgan fingerprint density at radius 3 is 2.79 bits per heavy atom. The molecule has 0 amide bonds. The summed E-state index contributed by atoms with van der Waals surface area (Å²) in [6.07, 6.45) is 3.89. The maximum absolute atomic E-state index is 13.5. The van der Waals surface area contributed by atoms with Gasteiger partial charge in [0.2, 0.25) is 0 Å². The van der Waals surface area contributed by atoms with E-state index in [9.17, 15) is 13.9 Å². The van der Waals surface area contributed by atoms with Crippen LogP contribution in [-0.2, 0) is 13.1 Å². The number of hydrogen-bond donors (Lipinski definition) is 1. The SMILES string of the molecule is CC(C)Cn1cc(CN2C[C@H](O)C[C@H]2c2ccc(F)c(F)c2)cn1. The third-order valence-corrected chi connectivity index (χ3v) is 4.33. The lowest BCUT2D eigenvalue weighted by molar-refractivity contribution is 0.172. The zero-order valence-electron chi connectivity index (χ0n) is 14.0. The van der Waals surface area contributed by atoms with Crippen molar-refractivity contribution in [2.75, 3.05) is 6.54 Å². The largest absolute Gasteiger partial charge is 0.392 e. The van der Waals surface area contributed by atoms with Crippen LogP contribution in [0.3, 0.4) is 0 Å². The van der Waals surface area contributed by atoms with Crippen molar-refractivity contribution in [3.63, 3.8) is 0 Å². The van der Waals surface area contributed by atoms with Gasteiger partial charge in [0.1, 0.15) is 0 Å². The minimum atomic E-state index is -0.849. The molecule has 24 heavy (non-hydrogen) atoms. The van der Waals surface area contributed by atoms with Crippen LogP contribution in [0.1, 0.15) is 37.4 Å². The number of benzene rings is 1. The number of halogens is 2. The summed E-state index contributed by atoms with van der Waals surface area (Å²) >= 11 is 0. The van der Waals surface area contributed by atoms with Crippen molar-refractivity contribution in [1.29, 1.82) is 0 Å². The molecule has 0 saturated carbocycles. The molecule has 1 aromatic heterocycles. The molecule has 1 fully saturated rings. The fourth-order valence-corrected chi connectivity index (χ4v) is 3.32. The first kappa shape index (κ1) is 17.0. The molecule has 0 bridgehead atoms. The Kier molecular flexibility index (Phi) is 4.96. The summed E-state index contributed by atoms with van der Waals surface area (Å²) in [4.78, 5) is 2.09. The summed E-state index contributed by atoms with van der Waals surface area (Å²) in [5.74, 6) is -1.18. The van der Waals surface area contributed by atoms with Gasteiger partial charge in [-0.3, -0.25) is 9.58 Å². The number of β-amino-alcohol motifs (C(OH)–C–C–N with tert-alkyl or cyclic N) is 1. The molecule has 1 N–H and O–H groups in total. The summed E-state index contributed by atoms with van der Waals surface area (Å²) in [5.41, 5.74) is 1.75. The molecule has 1 aliphatic rings. The van der Waals surface area contributed by atoms with Gasteiger partial charge in [-0.2, -0.15) is 5.10 Å². The van der Waals surface area contributed by atoms with Crippen molar-refractivity contribution in [2.24, 2.45) is 5.92 Å². The number of aliphatic hydroxyl groups excluding tert-OH is 1. The quantitative estimate of drug-likeness (QED) is 0.913. The predicted octanol–water partition coefficient (Wildman–Crippen LogP) is 3.13. The van der Waals surface area contributed by atoms with E-state index in [1.807, 2.05) is 17.1 Å². The third-order valence-electron chi connectivity index (χ3n) is 4.33. The molecule has 0 spiro atoms. The molecule has 4 nitrogen and oxygen atoms in total. The van der Waals surface area contributed by atoms with Gasteiger partial charge in [-0.25, -0.2) is 8.78 Å². The highest BCUT2D eigenvalue weighted by Gasteiger charge is 2.32. The zero-order valence-corrected chi connectivity index (χ0v) is 14.0. The lowest BCUT2D eigenvalue weighted by atomic mass is 10.0. The lowest BCUT2D eigenvalue weighted by Gasteiger charge is -2.24. The van der Waals surface area contributed by atoms with E-state index in [1.165, 1.54) is 6.07 Å². The first-order chi connectivity index (χ1) is 11.4. The summed E-state index contributed by atoms with van der Waals surface area (Å²) in [7, 11) is 0. The van der Waals surface area contributed by atoms with E-state index < -0.39 is 17.7 Å². The third kappa shape index (κ3) is 3.82. The van der Waals surface area contributed by atoms with Gasteiger partial charge in [0.15, 0.2) is 11.6 Å². The second-order valence-corrected chi connectivity index (χ2v) is 6.97. The van der Waals surface area contributed by atoms with Crippen LogP contribution in [-0.4, -0.2) is 32.4 Å². The molecular formula is C18H23F2N3O. The van der Waals surface area contributed by atoms with Crippen LogP contribution in [0.15, 0.2) is 30.6 Å². The van der Waals surface area contributed by atoms with Crippen LogP contribution in [0.5, 0.6) is 0 Å². The highest BCUT2D eigenvalue weighted by molar-refractivity contribution is 5.23. The van der Waals surface area contributed by atoms with Crippen LogP contribution in [0.25, 0.3) is 0 Å². The summed E-state index contributed by atoms with van der Waals surface area (Å²) in [6.45, 7) is 6.27. The average molecular weight is 335 g/mol. The van der Waals surface area contributed by atoms with E-state index in [4.69, 9.17) is 0 Å². The zero-order chi connectivity index (χ0) is 17.3. The second-order valence-electron chi connectivity index (χ2n) is 6.97. The van der Waals surface area contributed by atoms with Crippen LogP contribution in [0.4, 0.5) is 8.78 Å². The Balaban J connectivity index is 1.75. The van der Waals surface area contributed by atoms with Gasteiger partial charge in [0.05, 0.1) is 12.3 Å². The lowest BCUT2D eigenvalue weighted by Crippen LogP contribution is -2.24. The van der Waals surface area contributed by atoms with E-state index in [-0.39, 0.29) is 6.04 Å². The maximum atomic E-state index is 13.5. The van der Waals surface area contributed by atoms with Crippen molar-refractivity contribution < 1.29 is 13.9 Å². The summed E-state index contributed by atoms with van der Waals surface area (Å²) < 4.78 is 28.6. The van der Waals surface area contributed by atoms with Crippen molar-refractivity contribution in [1.82, 2.24) is 14.7 Å². The first-order valence-electron chi connectivity index (χ1n) is 8.30. The molecule has 0 aliphatic carbocycles. The Bertz CT molecular complexity index is 701. The molecule has 130 valence electrons. The van der Waals surface area contributed by atoms with Gasteiger partial charge in [0, 0.05) is 37.4 Å². The van der Waals surface area contributed by atoms with E-state index >= 15 is 0 Å². The number of aromatic nitrogens is 2. The van der Waals surface area contributed by atoms with E-state index in [2.05, 4.69) is 23.8 Å². The normalized spacial score (nSPS) is 21.8. The molecule has 0 unspecified atom stereocenters.